The predicted octanol–water partition coefficient (Wildman–Crippen LogP) is 7.27. The molecular weight excluding hydrogens is 495 g/mol. The number of hydrogen-bond donors (Lipinski definition) is 1. The largest absolute Gasteiger partial charge is 0.497 e. The first-order valence-corrected chi connectivity index (χ1v) is 13.7. The normalized spacial score (nSPS) is 27.7. The Morgan fingerprint density at radius 3 is 2.71 bits per heavy atom. The van der Waals surface area contributed by atoms with Crippen molar-refractivity contribution in [2.24, 2.45) is 23.7 Å². The van der Waals surface area contributed by atoms with Crippen molar-refractivity contribution >= 4 is 11.9 Å². The van der Waals surface area contributed by atoms with Crippen LogP contribution in [0.25, 0.3) is 0 Å². The van der Waals surface area contributed by atoms with Gasteiger partial charge in [0, 0.05) is 18.0 Å². The summed E-state index contributed by atoms with van der Waals surface area (Å²) < 4.78 is 49.0. The number of allylic oxidation sites excluding steroid dienone is 3. The molecule has 3 aliphatic rings. The van der Waals surface area contributed by atoms with Crippen LogP contribution in [0.15, 0.2) is 42.1 Å². The standard InChI is InChI=1S/C30H38F3NO4/c1-19-5-13-26-21(6-7-22-18-25(37-2)12-14-27(22)26)16-20(17-28(19)35)4-3-15-38-29(36)34-24-10-8-23(9-11-24)30(31,32)33/h8,10-12,14,18-21,23,26H,3-7,9,13,15-17H2,1-2H3,(H,34,36)/t19?,20-,21-,23?,26-/m0/s1. The van der Waals surface area contributed by atoms with Gasteiger partial charge in [-0.25, -0.2) is 4.79 Å². The quantitative estimate of drug-likeness (QED) is 0.391. The van der Waals surface area contributed by atoms with Crippen molar-refractivity contribution in [3.05, 3.63) is 53.3 Å². The number of methoxy groups -OCH3 is 1. The number of carbonyl (C=O) groups excluding carboxylic acids is 2. The molecule has 2 unspecified atom stereocenters. The van der Waals surface area contributed by atoms with E-state index in [1.54, 1.807) is 7.11 Å². The van der Waals surface area contributed by atoms with Crippen LogP contribution in [0.1, 0.15) is 75.3 Å². The molecular formula is C30H38F3NO4. The number of alkyl halides is 3. The van der Waals surface area contributed by atoms with E-state index in [9.17, 15) is 22.8 Å². The third-order valence-electron chi connectivity index (χ3n) is 8.45. The number of fused-ring (bicyclic) bond motifs is 3. The van der Waals surface area contributed by atoms with E-state index in [1.807, 2.05) is 13.0 Å². The third kappa shape index (κ3) is 7.20. The minimum Gasteiger partial charge on any atom is -0.497 e. The van der Waals surface area contributed by atoms with Crippen molar-refractivity contribution in [1.29, 1.82) is 0 Å². The molecule has 0 aromatic heterocycles. The summed E-state index contributed by atoms with van der Waals surface area (Å²) >= 11 is 0. The molecule has 1 fully saturated rings. The Morgan fingerprint density at radius 1 is 1.18 bits per heavy atom. The molecule has 5 nitrogen and oxygen atoms in total. The van der Waals surface area contributed by atoms with E-state index in [0.717, 1.165) is 50.4 Å². The number of carbonyl (C=O) groups is 2. The molecule has 4 rings (SSSR count). The van der Waals surface area contributed by atoms with Crippen LogP contribution in [0.3, 0.4) is 0 Å². The summed E-state index contributed by atoms with van der Waals surface area (Å²) in [4.78, 5) is 25.1. The highest BCUT2D eigenvalue weighted by Crippen LogP contribution is 2.45. The van der Waals surface area contributed by atoms with Crippen LogP contribution < -0.4 is 10.1 Å². The lowest BCUT2D eigenvalue weighted by Gasteiger charge is -2.35. The molecule has 1 saturated carbocycles. The summed E-state index contributed by atoms with van der Waals surface area (Å²) in [5.74, 6) is 0.918. The van der Waals surface area contributed by atoms with Crippen LogP contribution in [0, 0.1) is 23.7 Å². The number of hydrogen-bond acceptors (Lipinski definition) is 4. The zero-order valence-corrected chi connectivity index (χ0v) is 22.2. The lowest BCUT2D eigenvalue weighted by atomic mass is 9.69. The Labute approximate surface area is 222 Å². The summed E-state index contributed by atoms with van der Waals surface area (Å²) in [7, 11) is 1.69. The molecule has 1 N–H and O–H groups in total. The number of amides is 1. The Bertz CT molecular complexity index is 1060. The molecule has 5 atom stereocenters. The van der Waals surface area contributed by atoms with Crippen molar-refractivity contribution < 1.29 is 32.2 Å². The molecule has 1 aromatic carbocycles. The van der Waals surface area contributed by atoms with Gasteiger partial charge in [-0.3, -0.25) is 10.1 Å². The topological polar surface area (TPSA) is 64.6 Å². The van der Waals surface area contributed by atoms with Gasteiger partial charge in [0.15, 0.2) is 0 Å². The first-order chi connectivity index (χ1) is 18.1. The Hall–Kier alpha value is -2.77. The van der Waals surface area contributed by atoms with Crippen LogP contribution >= 0.6 is 0 Å². The van der Waals surface area contributed by atoms with Crippen LogP contribution in [0.2, 0.25) is 0 Å². The third-order valence-corrected chi connectivity index (χ3v) is 8.45. The van der Waals surface area contributed by atoms with Gasteiger partial charge in [-0.1, -0.05) is 25.1 Å². The Morgan fingerprint density at radius 2 is 2.00 bits per heavy atom. The van der Waals surface area contributed by atoms with E-state index >= 15 is 0 Å². The van der Waals surface area contributed by atoms with E-state index in [1.165, 1.54) is 23.3 Å². The maximum atomic E-state index is 12.9. The number of Topliss-reactive ketones (excluding diaryl/α,β-unsaturated/α-hetero) is 1. The van der Waals surface area contributed by atoms with Crippen molar-refractivity contribution in [2.45, 2.75) is 76.8 Å². The molecule has 3 aliphatic carbocycles. The number of ether oxygens (including phenoxy) is 2. The lowest BCUT2D eigenvalue weighted by molar-refractivity contribution is -0.160. The molecule has 38 heavy (non-hydrogen) atoms. The molecule has 8 heteroatoms. The molecule has 0 radical (unpaired) electrons. The van der Waals surface area contributed by atoms with Gasteiger partial charge in [0.1, 0.15) is 11.5 Å². The van der Waals surface area contributed by atoms with Gasteiger partial charge in [0.05, 0.1) is 19.6 Å². The van der Waals surface area contributed by atoms with E-state index in [4.69, 9.17) is 9.47 Å². The maximum Gasteiger partial charge on any atom is 0.411 e. The number of alkyl carbamates (subject to hydrolysis) is 1. The smallest absolute Gasteiger partial charge is 0.411 e. The van der Waals surface area contributed by atoms with Crippen LogP contribution in [-0.2, 0) is 16.0 Å². The lowest BCUT2D eigenvalue weighted by Crippen LogP contribution is -2.27. The Kier molecular flexibility index (Phi) is 9.21. The van der Waals surface area contributed by atoms with Gasteiger partial charge in [-0.2, -0.15) is 13.2 Å². The number of nitrogens with one attached hydrogen (secondary N) is 1. The molecule has 1 aromatic rings. The van der Waals surface area contributed by atoms with E-state index in [2.05, 4.69) is 17.4 Å². The number of aryl methyl sites for hydroxylation is 1. The van der Waals surface area contributed by atoms with E-state index in [0.29, 0.717) is 36.2 Å². The number of benzene rings is 1. The first-order valence-electron chi connectivity index (χ1n) is 13.7. The van der Waals surface area contributed by atoms with E-state index in [-0.39, 0.29) is 24.9 Å². The molecule has 208 valence electrons. The maximum absolute atomic E-state index is 12.9. The number of halogens is 3. The van der Waals surface area contributed by atoms with Crippen molar-refractivity contribution in [3.8, 4) is 5.75 Å². The molecule has 0 saturated heterocycles. The highest BCUT2D eigenvalue weighted by atomic mass is 19.4. The van der Waals surface area contributed by atoms with Crippen LogP contribution in [0.5, 0.6) is 5.75 Å². The zero-order valence-electron chi connectivity index (χ0n) is 22.2. The van der Waals surface area contributed by atoms with Gasteiger partial charge < -0.3 is 9.47 Å². The molecule has 0 spiro atoms. The predicted molar refractivity (Wildman–Crippen MR) is 139 cm³/mol. The molecule has 1 amide bonds. The fourth-order valence-electron chi connectivity index (χ4n) is 6.21. The average Bonchev–Trinajstić information content (AvgIpc) is 2.94. The fourth-order valence-corrected chi connectivity index (χ4v) is 6.21. The van der Waals surface area contributed by atoms with Crippen molar-refractivity contribution in [3.63, 3.8) is 0 Å². The van der Waals surface area contributed by atoms with Gasteiger partial charge in [0.25, 0.3) is 0 Å². The molecule has 0 bridgehead atoms. The van der Waals surface area contributed by atoms with Crippen molar-refractivity contribution in [2.75, 3.05) is 13.7 Å². The summed E-state index contributed by atoms with van der Waals surface area (Å²) in [6.07, 6.45) is 5.51. The SMILES string of the molecule is COc1ccc2c(c1)CC[C@H]1C[C@H](CCCOC(=O)NC3=CCC(C(F)(F)F)C=C3)CC(=O)C(C)CC[C@H]21. The molecule has 0 heterocycles. The second kappa shape index (κ2) is 12.4. The zero-order chi connectivity index (χ0) is 27.3. The van der Waals surface area contributed by atoms with Gasteiger partial charge in [0.2, 0.25) is 0 Å². The van der Waals surface area contributed by atoms with E-state index < -0.39 is 18.2 Å². The average molecular weight is 534 g/mol. The molecule has 0 aliphatic heterocycles. The minimum atomic E-state index is -4.29. The minimum absolute atomic E-state index is 0.0377. The monoisotopic (exact) mass is 533 g/mol. The van der Waals surface area contributed by atoms with Gasteiger partial charge in [-0.05, 0) is 98.5 Å². The summed E-state index contributed by atoms with van der Waals surface area (Å²) in [6.45, 7) is 2.24. The second-order valence-corrected chi connectivity index (χ2v) is 11.0. The highest BCUT2D eigenvalue weighted by molar-refractivity contribution is 5.80. The van der Waals surface area contributed by atoms with Crippen LogP contribution in [-0.4, -0.2) is 31.8 Å². The van der Waals surface area contributed by atoms with Crippen LogP contribution in [0.4, 0.5) is 18.0 Å². The number of ketones is 1. The fraction of sp³-hybridized carbons (Fsp3) is 0.600. The summed E-state index contributed by atoms with van der Waals surface area (Å²) in [5, 5.41) is 2.51. The number of rotatable bonds is 6. The Balaban J connectivity index is 1.29. The summed E-state index contributed by atoms with van der Waals surface area (Å²) in [5.41, 5.74) is 3.07. The summed E-state index contributed by atoms with van der Waals surface area (Å²) in [6, 6.07) is 6.40. The second-order valence-electron chi connectivity index (χ2n) is 11.0. The van der Waals surface area contributed by atoms with Gasteiger partial charge in [-0.15, -0.1) is 0 Å². The van der Waals surface area contributed by atoms with Crippen molar-refractivity contribution in [1.82, 2.24) is 5.32 Å². The van der Waals surface area contributed by atoms with Gasteiger partial charge >= 0.3 is 12.3 Å². The first kappa shape index (κ1) is 28.2. The highest BCUT2D eigenvalue weighted by Gasteiger charge is 2.38.